The molecule has 0 radical (unpaired) electrons. The van der Waals surface area contributed by atoms with Crippen LogP contribution in [0.5, 0.6) is 0 Å². The fraction of sp³-hybridized carbons (Fsp3) is 0.429. The lowest BCUT2D eigenvalue weighted by atomic mass is 9.77. The molecule has 0 saturated carbocycles. The van der Waals surface area contributed by atoms with Gasteiger partial charge in [-0.25, -0.2) is 9.24 Å². The van der Waals surface area contributed by atoms with Gasteiger partial charge in [-0.2, -0.15) is 0 Å². The van der Waals surface area contributed by atoms with E-state index in [1.807, 2.05) is 51.2 Å². The van der Waals surface area contributed by atoms with Crippen molar-refractivity contribution in [2.24, 2.45) is 0 Å². The standard InChI is InChI=1S/C21H26Cl2NO3P/c1-4-26-28(25,27-5-2)24(3)21-13-11-16(17-8-6-7-9-18(17)21)15-10-12-19(22)20(23)14-15/h6-10,12,14,16,21H,4-5,11,13H2,1-3H3. The minimum Gasteiger partial charge on any atom is -0.297 e. The van der Waals surface area contributed by atoms with Gasteiger partial charge >= 0.3 is 7.75 Å². The zero-order valence-corrected chi connectivity index (χ0v) is 18.8. The van der Waals surface area contributed by atoms with Crippen LogP contribution in [-0.4, -0.2) is 24.9 Å². The average Bonchev–Trinajstić information content (AvgIpc) is 2.69. The molecular formula is C21H26Cl2NO3P. The van der Waals surface area contributed by atoms with Crippen LogP contribution in [0.2, 0.25) is 10.0 Å². The fourth-order valence-corrected chi connectivity index (χ4v) is 5.93. The van der Waals surface area contributed by atoms with Crippen molar-refractivity contribution < 1.29 is 13.6 Å². The van der Waals surface area contributed by atoms with E-state index < -0.39 is 7.75 Å². The van der Waals surface area contributed by atoms with Gasteiger partial charge in [0.15, 0.2) is 0 Å². The molecule has 2 aromatic rings. The number of rotatable bonds is 7. The quantitative estimate of drug-likeness (QED) is 0.430. The summed E-state index contributed by atoms with van der Waals surface area (Å²) in [6.45, 7) is 4.33. The second kappa shape index (κ2) is 9.30. The molecule has 1 aliphatic rings. The predicted molar refractivity (Wildman–Crippen MR) is 115 cm³/mol. The molecule has 3 rings (SSSR count). The summed E-state index contributed by atoms with van der Waals surface area (Å²) in [5, 5.41) is 1.12. The van der Waals surface area contributed by atoms with Crippen LogP contribution in [0.25, 0.3) is 0 Å². The van der Waals surface area contributed by atoms with E-state index in [9.17, 15) is 4.57 Å². The zero-order valence-electron chi connectivity index (χ0n) is 16.4. The summed E-state index contributed by atoms with van der Waals surface area (Å²) in [4.78, 5) is 0. The second-order valence-corrected chi connectivity index (χ2v) is 9.72. The Hall–Kier alpha value is -0.870. The van der Waals surface area contributed by atoms with Crippen molar-refractivity contribution >= 4 is 30.9 Å². The molecule has 0 spiro atoms. The van der Waals surface area contributed by atoms with Crippen molar-refractivity contribution in [2.75, 3.05) is 20.3 Å². The van der Waals surface area contributed by atoms with Gasteiger partial charge in [0.2, 0.25) is 0 Å². The Morgan fingerprint density at radius 3 is 2.25 bits per heavy atom. The lowest BCUT2D eigenvalue weighted by Gasteiger charge is -2.39. The molecule has 1 aliphatic carbocycles. The minimum atomic E-state index is -3.35. The van der Waals surface area contributed by atoms with Crippen LogP contribution in [0.3, 0.4) is 0 Å². The fourth-order valence-electron chi connectivity index (χ4n) is 3.95. The molecule has 0 heterocycles. The van der Waals surface area contributed by atoms with E-state index in [4.69, 9.17) is 32.2 Å². The highest BCUT2D eigenvalue weighted by Gasteiger charge is 2.39. The Balaban J connectivity index is 1.98. The molecule has 4 nitrogen and oxygen atoms in total. The summed E-state index contributed by atoms with van der Waals surface area (Å²) in [5.74, 6) is 0.217. The smallest absolute Gasteiger partial charge is 0.297 e. The predicted octanol–water partition coefficient (Wildman–Crippen LogP) is 7.07. The van der Waals surface area contributed by atoms with Gasteiger partial charge in [0.05, 0.1) is 23.3 Å². The van der Waals surface area contributed by atoms with E-state index in [0.29, 0.717) is 23.3 Å². The van der Waals surface area contributed by atoms with Crippen molar-refractivity contribution in [1.82, 2.24) is 4.67 Å². The summed E-state index contributed by atoms with van der Waals surface area (Å²) in [7, 11) is -1.52. The number of hydrogen-bond acceptors (Lipinski definition) is 3. The van der Waals surface area contributed by atoms with Crippen LogP contribution >= 0.6 is 30.9 Å². The van der Waals surface area contributed by atoms with E-state index in [1.165, 1.54) is 5.56 Å². The molecule has 0 saturated heterocycles. The Bertz CT molecular complexity index is 866. The van der Waals surface area contributed by atoms with Crippen molar-refractivity contribution in [3.8, 4) is 0 Å². The molecule has 152 valence electrons. The van der Waals surface area contributed by atoms with Crippen molar-refractivity contribution in [3.05, 3.63) is 69.2 Å². The molecule has 0 bridgehead atoms. The Kier molecular flexibility index (Phi) is 7.25. The molecule has 7 heteroatoms. The lowest BCUT2D eigenvalue weighted by molar-refractivity contribution is 0.155. The van der Waals surface area contributed by atoms with Crippen LogP contribution in [0.15, 0.2) is 42.5 Å². The third kappa shape index (κ3) is 4.33. The molecule has 0 amide bonds. The summed E-state index contributed by atoms with van der Waals surface area (Å²) in [5.41, 5.74) is 3.50. The number of halogens is 2. The maximum absolute atomic E-state index is 13.3. The monoisotopic (exact) mass is 441 g/mol. The summed E-state index contributed by atoms with van der Waals surface area (Å²) in [6.07, 6.45) is 1.74. The molecule has 0 N–H and O–H groups in total. The largest absolute Gasteiger partial charge is 0.408 e. The third-order valence-corrected chi connectivity index (χ3v) is 8.19. The first-order valence-electron chi connectivity index (χ1n) is 9.57. The third-order valence-electron chi connectivity index (χ3n) is 5.23. The van der Waals surface area contributed by atoms with Gasteiger partial charge in [0.1, 0.15) is 0 Å². The van der Waals surface area contributed by atoms with Gasteiger partial charge in [0, 0.05) is 12.0 Å². The SMILES string of the molecule is CCOP(=O)(OCC)N(C)C1CCC(c2ccc(Cl)c(Cl)c2)c2ccccc21. The summed E-state index contributed by atoms with van der Waals surface area (Å²) < 4.78 is 26.2. The van der Waals surface area contributed by atoms with Crippen LogP contribution in [0, 0.1) is 0 Å². The molecule has 2 aromatic carbocycles. The van der Waals surface area contributed by atoms with Crippen LogP contribution in [0.1, 0.15) is 55.3 Å². The van der Waals surface area contributed by atoms with Crippen LogP contribution < -0.4 is 0 Å². The maximum Gasteiger partial charge on any atom is 0.408 e. The van der Waals surface area contributed by atoms with Gasteiger partial charge in [-0.15, -0.1) is 0 Å². The van der Waals surface area contributed by atoms with Crippen LogP contribution in [-0.2, 0) is 13.6 Å². The maximum atomic E-state index is 13.3. The highest BCUT2D eigenvalue weighted by Crippen LogP contribution is 2.57. The Morgan fingerprint density at radius 1 is 1.00 bits per heavy atom. The molecule has 0 aliphatic heterocycles. The molecule has 28 heavy (non-hydrogen) atoms. The first kappa shape index (κ1) is 21.8. The molecule has 0 aromatic heterocycles. The number of nitrogens with zero attached hydrogens (tertiary/aromatic N) is 1. The zero-order chi connectivity index (χ0) is 20.3. The molecule has 2 unspecified atom stereocenters. The number of fused-ring (bicyclic) bond motifs is 1. The van der Waals surface area contributed by atoms with Gasteiger partial charge in [0.25, 0.3) is 0 Å². The second-order valence-electron chi connectivity index (χ2n) is 6.83. The normalized spacial score (nSPS) is 19.6. The van der Waals surface area contributed by atoms with E-state index in [1.54, 1.807) is 4.67 Å². The van der Waals surface area contributed by atoms with Crippen LogP contribution in [0.4, 0.5) is 0 Å². The summed E-state index contributed by atoms with van der Waals surface area (Å²) in [6, 6.07) is 14.1. The van der Waals surface area contributed by atoms with E-state index >= 15 is 0 Å². The van der Waals surface area contributed by atoms with Crippen molar-refractivity contribution in [1.29, 1.82) is 0 Å². The van der Waals surface area contributed by atoms with E-state index in [2.05, 4.69) is 12.1 Å². The van der Waals surface area contributed by atoms with Gasteiger partial charge < -0.3 is 0 Å². The first-order chi connectivity index (χ1) is 13.4. The number of benzene rings is 2. The lowest BCUT2D eigenvalue weighted by Crippen LogP contribution is -2.29. The minimum absolute atomic E-state index is 0.0424. The molecule has 0 fully saturated rings. The highest BCUT2D eigenvalue weighted by molar-refractivity contribution is 7.51. The Morgan fingerprint density at radius 2 is 1.64 bits per heavy atom. The number of hydrogen-bond donors (Lipinski definition) is 0. The van der Waals surface area contributed by atoms with Gasteiger partial charge in [-0.05, 0) is 62.6 Å². The Labute approximate surface area is 177 Å². The highest BCUT2D eigenvalue weighted by atomic mass is 35.5. The first-order valence-corrected chi connectivity index (χ1v) is 11.8. The molecular weight excluding hydrogens is 416 g/mol. The van der Waals surface area contributed by atoms with Gasteiger partial charge in [-0.3, -0.25) is 9.05 Å². The average molecular weight is 442 g/mol. The van der Waals surface area contributed by atoms with Gasteiger partial charge in [-0.1, -0.05) is 53.5 Å². The van der Waals surface area contributed by atoms with E-state index in [0.717, 1.165) is 24.0 Å². The van der Waals surface area contributed by atoms with E-state index in [-0.39, 0.29) is 12.0 Å². The summed E-state index contributed by atoms with van der Waals surface area (Å²) >= 11 is 12.4. The van der Waals surface area contributed by atoms with Crippen molar-refractivity contribution in [3.63, 3.8) is 0 Å². The topological polar surface area (TPSA) is 38.8 Å². The van der Waals surface area contributed by atoms with Crippen molar-refractivity contribution in [2.45, 2.75) is 38.6 Å². The molecule has 2 atom stereocenters.